The van der Waals surface area contributed by atoms with E-state index in [1.54, 1.807) is 13.4 Å². The second-order valence-corrected chi connectivity index (χ2v) is 7.60. The summed E-state index contributed by atoms with van der Waals surface area (Å²) in [5.41, 5.74) is 1.27. The first-order chi connectivity index (χ1) is 15.2. The number of guanidine groups is 1. The molecule has 32 heavy (non-hydrogen) atoms. The van der Waals surface area contributed by atoms with Crippen molar-refractivity contribution >= 4 is 35.6 Å². The maximum absolute atomic E-state index is 5.25. The molecule has 0 bridgehead atoms. The van der Waals surface area contributed by atoms with E-state index in [-0.39, 0.29) is 24.0 Å². The number of nitrogens with one attached hydrogen (secondary N) is 2. The van der Waals surface area contributed by atoms with Gasteiger partial charge in [0.2, 0.25) is 0 Å². The highest BCUT2D eigenvalue weighted by atomic mass is 127. The van der Waals surface area contributed by atoms with Crippen LogP contribution in [0, 0.1) is 0 Å². The highest BCUT2D eigenvalue weighted by Gasteiger charge is 2.16. The zero-order valence-corrected chi connectivity index (χ0v) is 21.8. The van der Waals surface area contributed by atoms with Crippen LogP contribution in [0.2, 0.25) is 0 Å². The van der Waals surface area contributed by atoms with E-state index in [9.17, 15) is 0 Å². The highest BCUT2D eigenvalue weighted by molar-refractivity contribution is 14.0. The molecule has 0 radical (unpaired) electrons. The summed E-state index contributed by atoms with van der Waals surface area (Å²) in [5, 5.41) is 14.9. The molecular weight excluding hydrogens is 519 g/mol. The molecule has 2 aromatic rings. The number of ether oxygens (including phenoxy) is 1. The molecule has 2 heterocycles. The standard InChI is InChI=1S/C22H36N8O.HI/c1-4-21-27-26-18-30(21)13-11-25-22(23-2)24-10-5-12-28-14-16-29(17-15-28)19-6-8-20(31-3)9-7-19;/h6-9,18H,4-5,10-17H2,1-3H3,(H2,23,24,25);1H. The van der Waals surface area contributed by atoms with Crippen molar-refractivity contribution in [3.63, 3.8) is 0 Å². The van der Waals surface area contributed by atoms with Crippen LogP contribution in [-0.2, 0) is 13.0 Å². The minimum atomic E-state index is 0. The third-order valence-electron chi connectivity index (χ3n) is 5.63. The SMILES string of the molecule is CCc1nncn1CCNC(=NC)NCCCN1CCN(c2ccc(OC)cc2)CC1.I. The molecule has 3 rings (SSSR count). The Morgan fingerprint density at radius 2 is 1.78 bits per heavy atom. The van der Waals surface area contributed by atoms with Crippen LogP contribution in [0.15, 0.2) is 35.6 Å². The van der Waals surface area contributed by atoms with E-state index < -0.39 is 0 Å². The zero-order chi connectivity index (χ0) is 21.9. The van der Waals surface area contributed by atoms with Crippen LogP contribution in [0.1, 0.15) is 19.2 Å². The Kier molecular flexibility index (Phi) is 11.6. The van der Waals surface area contributed by atoms with E-state index in [1.165, 1.54) is 5.69 Å². The average molecular weight is 556 g/mol. The van der Waals surface area contributed by atoms with Crippen LogP contribution in [0.5, 0.6) is 5.75 Å². The number of aryl methyl sites for hydroxylation is 1. The quantitative estimate of drug-likeness (QED) is 0.200. The number of aromatic nitrogens is 3. The molecule has 1 aliphatic heterocycles. The Morgan fingerprint density at radius 1 is 1.06 bits per heavy atom. The van der Waals surface area contributed by atoms with Crippen molar-refractivity contribution in [3.8, 4) is 5.75 Å². The van der Waals surface area contributed by atoms with E-state index in [1.807, 2.05) is 19.2 Å². The Morgan fingerprint density at radius 3 is 2.44 bits per heavy atom. The number of halogens is 1. The molecule has 1 aliphatic rings. The minimum Gasteiger partial charge on any atom is -0.497 e. The maximum Gasteiger partial charge on any atom is 0.191 e. The van der Waals surface area contributed by atoms with Gasteiger partial charge in [0.1, 0.15) is 17.9 Å². The maximum atomic E-state index is 5.25. The fourth-order valence-corrected chi connectivity index (χ4v) is 3.79. The van der Waals surface area contributed by atoms with Gasteiger partial charge < -0.3 is 24.8 Å². The van der Waals surface area contributed by atoms with Gasteiger partial charge in [-0.1, -0.05) is 6.92 Å². The third-order valence-corrected chi connectivity index (χ3v) is 5.63. The van der Waals surface area contributed by atoms with Crippen molar-refractivity contribution in [2.75, 3.05) is 64.9 Å². The van der Waals surface area contributed by atoms with E-state index in [2.05, 4.69) is 59.2 Å². The summed E-state index contributed by atoms with van der Waals surface area (Å²) in [6.45, 7) is 10.0. The van der Waals surface area contributed by atoms with Crippen LogP contribution in [0.4, 0.5) is 5.69 Å². The van der Waals surface area contributed by atoms with Crippen molar-refractivity contribution in [1.82, 2.24) is 30.3 Å². The molecule has 1 saturated heterocycles. The molecular formula is C22H37IN8O. The van der Waals surface area contributed by atoms with Crippen LogP contribution >= 0.6 is 24.0 Å². The van der Waals surface area contributed by atoms with Crippen molar-refractivity contribution in [3.05, 3.63) is 36.4 Å². The lowest BCUT2D eigenvalue weighted by Gasteiger charge is -2.36. The molecule has 1 fully saturated rings. The van der Waals surface area contributed by atoms with Gasteiger partial charge in [-0.15, -0.1) is 34.2 Å². The Hall–Kier alpha value is -2.08. The first-order valence-corrected chi connectivity index (χ1v) is 11.2. The molecule has 178 valence electrons. The number of piperazine rings is 1. The number of methoxy groups -OCH3 is 1. The predicted octanol–water partition coefficient (Wildman–Crippen LogP) is 1.84. The van der Waals surface area contributed by atoms with Gasteiger partial charge in [-0.05, 0) is 37.2 Å². The lowest BCUT2D eigenvalue weighted by Crippen LogP contribution is -2.47. The number of rotatable bonds is 10. The summed E-state index contributed by atoms with van der Waals surface area (Å²) in [6, 6.07) is 8.35. The number of benzene rings is 1. The van der Waals surface area contributed by atoms with Gasteiger partial charge >= 0.3 is 0 Å². The molecule has 0 amide bonds. The van der Waals surface area contributed by atoms with Gasteiger partial charge in [-0.25, -0.2) is 0 Å². The number of aliphatic imine (C=N–C) groups is 1. The summed E-state index contributed by atoms with van der Waals surface area (Å²) in [6.07, 6.45) is 3.76. The summed E-state index contributed by atoms with van der Waals surface area (Å²) in [4.78, 5) is 9.30. The van der Waals surface area contributed by atoms with Crippen LogP contribution in [0.3, 0.4) is 0 Å². The smallest absolute Gasteiger partial charge is 0.191 e. The molecule has 0 aliphatic carbocycles. The van der Waals surface area contributed by atoms with Crippen LogP contribution in [-0.4, -0.2) is 85.6 Å². The van der Waals surface area contributed by atoms with Crippen LogP contribution in [0.25, 0.3) is 0 Å². The Bertz CT molecular complexity index is 803. The summed E-state index contributed by atoms with van der Waals surface area (Å²) < 4.78 is 7.32. The van der Waals surface area contributed by atoms with Crippen molar-refractivity contribution < 1.29 is 4.74 Å². The zero-order valence-electron chi connectivity index (χ0n) is 19.5. The monoisotopic (exact) mass is 556 g/mol. The molecule has 0 unspecified atom stereocenters. The van der Waals surface area contributed by atoms with Gasteiger partial charge in [0.25, 0.3) is 0 Å². The van der Waals surface area contributed by atoms with E-state index in [0.717, 1.165) is 82.7 Å². The average Bonchev–Trinajstić information content (AvgIpc) is 3.28. The van der Waals surface area contributed by atoms with Crippen molar-refractivity contribution in [2.24, 2.45) is 4.99 Å². The number of anilines is 1. The van der Waals surface area contributed by atoms with E-state index >= 15 is 0 Å². The van der Waals surface area contributed by atoms with Gasteiger partial charge in [0.15, 0.2) is 5.96 Å². The molecule has 2 N–H and O–H groups in total. The van der Waals surface area contributed by atoms with E-state index in [0.29, 0.717) is 0 Å². The predicted molar refractivity (Wildman–Crippen MR) is 140 cm³/mol. The summed E-state index contributed by atoms with van der Waals surface area (Å²) in [5.74, 6) is 2.76. The molecule has 10 heteroatoms. The normalized spacial score (nSPS) is 14.7. The minimum absolute atomic E-state index is 0. The topological polar surface area (TPSA) is 82.8 Å². The molecule has 1 aromatic carbocycles. The fourth-order valence-electron chi connectivity index (χ4n) is 3.79. The number of hydrogen-bond acceptors (Lipinski definition) is 6. The number of hydrogen-bond donors (Lipinski definition) is 2. The van der Waals surface area contributed by atoms with Crippen molar-refractivity contribution in [2.45, 2.75) is 26.3 Å². The number of nitrogens with zero attached hydrogens (tertiary/aromatic N) is 6. The molecule has 0 atom stereocenters. The highest BCUT2D eigenvalue weighted by Crippen LogP contribution is 2.20. The first-order valence-electron chi connectivity index (χ1n) is 11.2. The lowest BCUT2D eigenvalue weighted by atomic mass is 10.2. The summed E-state index contributed by atoms with van der Waals surface area (Å²) >= 11 is 0. The first kappa shape index (κ1) is 26.2. The summed E-state index contributed by atoms with van der Waals surface area (Å²) in [7, 11) is 3.51. The lowest BCUT2D eigenvalue weighted by molar-refractivity contribution is 0.255. The van der Waals surface area contributed by atoms with Gasteiger partial charge in [0.05, 0.1) is 7.11 Å². The molecule has 9 nitrogen and oxygen atoms in total. The molecule has 1 aromatic heterocycles. The fraction of sp³-hybridized carbons (Fsp3) is 0.591. The largest absolute Gasteiger partial charge is 0.497 e. The van der Waals surface area contributed by atoms with Crippen LogP contribution < -0.4 is 20.3 Å². The third kappa shape index (κ3) is 7.80. The Balaban J connectivity index is 0.00000363. The Labute approximate surface area is 208 Å². The van der Waals surface area contributed by atoms with Crippen molar-refractivity contribution in [1.29, 1.82) is 0 Å². The van der Waals surface area contributed by atoms with E-state index in [4.69, 9.17) is 4.74 Å². The second kappa shape index (κ2) is 14.1. The van der Waals surface area contributed by atoms with Gasteiger partial charge in [0, 0.05) is 65.0 Å². The second-order valence-electron chi connectivity index (χ2n) is 7.60. The molecule has 0 saturated carbocycles. The van der Waals surface area contributed by atoms with Gasteiger partial charge in [-0.2, -0.15) is 0 Å². The molecule has 0 spiro atoms. The van der Waals surface area contributed by atoms with Gasteiger partial charge in [-0.3, -0.25) is 9.89 Å².